The predicted molar refractivity (Wildman–Crippen MR) is 107 cm³/mol. The monoisotopic (exact) mass is 388 g/mol. The van der Waals surface area contributed by atoms with Gasteiger partial charge in [0.2, 0.25) is 0 Å². The molecule has 2 atom stereocenters. The maximum Gasteiger partial charge on any atom is 0.338 e. The Kier molecular flexibility index (Phi) is 7.86. The van der Waals surface area contributed by atoms with Crippen LogP contribution < -0.4 is 4.74 Å². The maximum absolute atomic E-state index is 12.2. The fraction of sp³-hybridized carbons (Fsp3) is 0.364. The van der Waals surface area contributed by atoms with Gasteiger partial charge in [-0.2, -0.15) is 0 Å². The van der Waals surface area contributed by atoms with Crippen molar-refractivity contribution in [3.05, 3.63) is 54.1 Å². The summed E-state index contributed by atoms with van der Waals surface area (Å²) in [5.74, 6) is 0.166. The molecule has 2 aromatic carbocycles. The lowest BCUT2D eigenvalue weighted by Gasteiger charge is -2.16. The van der Waals surface area contributed by atoms with E-state index in [9.17, 15) is 9.59 Å². The Morgan fingerprint density at radius 3 is 2.04 bits per heavy atom. The third-order valence-corrected chi connectivity index (χ3v) is 5.02. The van der Waals surface area contributed by atoms with Gasteiger partial charge in [0.15, 0.2) is 0 Å². The van der Waals surface area contributed by atoms with Crippen LogP contribution in [-0.4, -0.2) is 23.9 Å². The third-order valence-electron chi connectivity index (χ3n) is 4.46. The molecule has 0 saturated carbocycles. The molecule has 0 spiro atoms. The number of esters is 2. The van der Waals surface area contributed by atoms with Crippen LogP contribution in [0.5, 0.6) is 5.75 Å². The highest BCUT2D eigenvalue weighted by atomic mass is 35.5. The van der Waals surface area contributed by atoms with Gasteiger partial charge in [-0.15, -0.1) is 11.6 Å². The minimum absolute atomic E-state index is 0.182. The van der Waals surface area contributed by atoms with Gasteiger partial charge in [-0.05, 0) is 41.3 Å². The standard InChI is InChI=1S/C22H25ClO4/c1-4-15(3)20(23)14-26-22(25)18-8-6-16(7-9-18)17-10-12-19(13-11-17)27-21(24)5-2/h6-13,15,20H,4-5,14H2,1-3H3. The summed E-state index contributed by atoms with van der Waals surface area (Å²) in [6.45, 7) is 6.05. The van der Waals surface area contributed by atoms with Crippen molar-refractivity contribution in [1.82, 2.24) is 0 Å². The molecule has 0 heterocycles. The van der Waals surface area contributed by atoms with Crippen LogP contribution in [0.1, 0.15) is 44.0 Å². The highest BCUT2D eigenvalue weighted by molar-refractivity contribution is 6.21. The highest BCUT2D eigenvalue weighted by Gasteiger charge is 2.16. The summed E-state index contributed by atoms with van der Waals surface area (Å²) < 4.78 is 10.5. The van der Waals surface area contributed by atoms with Crippen LogP contribution in [0, 0.1) is 5.92 Å². The van der Waals surface area contributed by atoms with Gasteiger partial charge in [0.1, 0.15) is 12.4 Å². The zero-order valence-corrected chi connectivity index (χ0v) is 16.7. The van der Waals surface area contributed by atoms with Crippen molar-refractivity contribution in [1.29, 1.82) is 0 Å². The average molecular weight is 389 g/mol. The number of hydrogen-bond acceptors (Lipinski definition) is 4. The van der Waals surface area contributed by atoms with E-state index in [1.54, 1.807) is 31.2 Å². The zero-order chi connectivity index (χ0) is 19.8. The van der Waals surface area contributed by atoms with Gasteiger partial charge in [-0.1, -0.05) is 51.5 Å². The van der Waals surface area contributed by atoms with E-state index < -0.39 is 0 Å². The molecule has 0 saturated heterocycles. The minimum atomic E-state index is -0.377. The average Bonchev–Trinajstić information content (AvgIpc) is 2.71. The van der Waals surface area contributed by atoms with Crippen molar-refractivity contribution in [2.24, 2.45) is 5.92 Å². The molecule has 0 aliphatic carbocycles. The molecule has 0 aliphatic heterocycles. The molecule has 0 fully saturated rings. The Morgan fingerprint density at radius 2 is 1.52 bits per heavy atom. The number of hydrogen-bond donors (Lipinski definition) is 0. The molecule has 0 N–H and O–H groups in total. The summed E-state index contributed by atoms with van der Waals surface area (Å²) in [6, 6.07) is 14.4. The highest BCUT2D eigenvalue weighted by Crippen LogP contribution is 2.23. The topological polar surface area (TPSA) is 52.6 Å². The van der Waals surface area contributed by atoms with Gasteiger partial charge in [0, 0.05) is 6.42 Å². The summed E-state index contributed by atoms with van der Waals surface area (Å²) in [4.78, 5) is 23.5. The van der Waals surface area contributed by atoms with Crippen LogP contribution in [0.4, 0.5) is 0 Å². The van der Waals surface area contributed by atoms with Crippen molar-refractivity contribution in [2.45, 2.75) is 39.0 Å². The Hall–Kier alpha value is -2.33. The van der Waals surface area contributed by atoms with E-state index in [0.717, 1.165) is 17.5 Å². The molecule has 5 heteroatoms. The maximum atomic E-state index is 12.2. The fourth-order valence-electron chi connectivity index (χ4n) is 2.38. The van der Waals surface area contributed by atoms with Crippen molar-refractivity contribution >= 4 is 23.5 Å². The first-order chi connectivity index (χ1) is 12.9. The van der Waals surface area contributed by atoms with Crippen LogP contribution in [0.3, 0.4) is 0 Å². The third kappa shape index (κ3) is 6.10. The van der Waals surface area contributed by atoms with Gasteiger partial charge >= 0.3 is 11.9 Å². The minimum Gasteiger partial charge on any atom is -0.461 e. The molecular weight excluding hydrogens is 364 g/mol. The largest absolute Gasteiger partial charge is 0.461 e. The van der Waals surface area contributed by atoms with Crippen molar-refractivity contribution < 1.29 is 19.1 Å². The first kappa shape index (κ1) is 21.0. The van der Waals surface area contributed by atoms with Gasteiger partial charge in [0.25, 0.3) is 0 Å². The molecule has 2 rings (SSSR count). The second kappa shape index (κ2) is 10.1. The quantitative estimate of drug-likeness (QED) is 0.341. The first-order valence-electron chi connectivity index (χ1n) is 9.17. The molecule has 0 radical (unpaired) electrons. The number of alkyl halides is 1. The Labute approximate surface area is 165 Å². The van der Waals surface area contributed by atoms with Crippen molar-refractivity contribution in [3.8, 4) is 16.9 Å². The second-order valence-electron chi connectivity index (χ2n) is 6.43. The summed E-state index contributed by atoms with van der Waals surface area (Å²) in [7, 11) is 0. The number of ether oxygens (including phenoxy) is 2. The SMILES string of the molecule is CCC(=O)Oc1ccc(-c2ccc(C(=O)OCC(Cl)C(C)CC)cc2)cc1. The molecule has 4 nitrogen and oxygen atoms in total. The normalized spacial score (nSPS) is 12.9. The van der Waals surface area contributed by atoms with E-state index in [2.05, 4.69) is 6.92 Å². The molecule has 2 aromatic rings. The van der Waals surface area contributed by atoms with Crippen LogP contribution in [0.2, 0.25) is 0 Å². The van der Waals surface area contributed by atoms with Crippen LogP contribution in [0.25, 0.3) is 11.1 Å². The second-order valence-corrected chi connectivity index (χ2v) is 6.99. The van der Waals surface area contributed by atoms with E-state index in [-0.39, 0.29) is 23.9 Å². The predicted octanol–water partition coefficient (Wildman–Crippen LogP) is 5.48. The number of carbonyl (C=O) groups excluding carboxylic acids is 2. The molecular formula is C22H25ClO4. The van der Waals surface area contributed by atoms with Crippen molar-refractivity contribution in [3.63, 3.8) is 0 Å². The molecule has 0 aromatic heterocycles. The van der Waals surface area contributed by atoms with Crippen molar-refractivity contribution in [2.75, 3.05) is 6.61 Å². The lowest BCUT2D eigenvalue weighted by molar-refractivity contribution is -0.134. The molecule has 0 bridgehead atoms. The van der Waals surface area contributed by atoms with E-state index in [4.69, 9.17) is 21.1 Å². The smallest absolute Gasteiger partial charge is 0.338 e. The van der Waals surface area contributed by atoms with E-state index >= 15 is 0 Å². The van der Waals surface area contributed by atoms with E-state index in [1.165, 1.54) is 0 Å². The lowest BCUT2D eigenvalue weighted by Crippen LogP contribution is -2.20. The summed E-state index contributed by atoms with van der Waals surface area (Å²) >= 11 is 6.21. The van der Waals surface area contributed by atoms with Gasteiger partial charge in [-0.3, -0.25) is 4.79 Å². The number of benzene rings is 2. The molecule has 0 aliphatic rings. The van der Waals surface area contributed by atoms with E-state index in [1.807, 2.05) is 31.2 Å². The first-order valence-corrected chi connectivity index (χ1v) is 9.60. The number of rotatable bonds is 8. The summed E-state index contributed by atoms with van der Waals surface area (Å²) in [5.41, 5.74) is 2.40. The molecule has 144 valence electrons. The summed E-state index contributed by atoms with van der Waals surface area (Å²) in [6.07, 6.45) is 1.28. The van der Waals surface area contributed by atoms with E-state index in [0.29, 0.717) is 23.7 Å². The molecule has 27 heavy (non-hydrogen) atoms. The van der Waals surface area contributed by atoms with Gasteiger partial charge in [-0.25, -0.2) is 4.79 Å². The Morgan fingerprint density at radius 1 is 0.963 bits per heavy atom. The van der Waals surface area contributed by atoms with Crippen LogP contribution in [-0.2, 0) is 9.53 Å². The summed E-state index contributed by atoms with van der Waals surface area (Å²) in [5, 5.41) is -0.182. The van der Waals surface area contributed by atoms with Gasteiger partial charge in [0.05, 0.1) is 10.9 Å². The zero-order valence-electron chi connectivity index (χ0n) is 15.9. The number of carbonyl (C=O) groups is 2. The Bertz CT molecular complexity index is 753. The number of halogens is 1. The van der Waals surface area contributed by atoms with Crippen LogP contribution >= 0.6 is 11.6 Å². The Balaban J connectivity index is 1.98. The van der Waals surface area contributed by atoms with Crippen LogP contribution in [0.15, 0.2) is 48.5 Å². The fourth-order valence-corrected chi connectivity index (χ4v) is 2.62. The molecule has 0 amide bonds. The van der Waals surface area contributed by atoms with Gasteiger partial charge < -0.3 is 9.47 Å². The lowest BCUT2D eigenvalue weighted by atomic mass is 10.0. The molecule has 2 unspecified atom stereocenters.